The molecule has 0 saturated carbocycles. The van der Waals surface area contributed by atoms with Crippen molar-refractivity contribution in [3.8, 4) is 5.75 Å². The zero-order chi connectivity index (χ0) is 16.5. The Hall–Kier alpha value is -1.94. The summed E-state index contributed by atoms with van der Waals surface area (Å²) in [6, 6.07) is 18.0. The van der Waals surface area contributed by atoms with Crippen molar-refractivity contribution in [2.75, 3.05) is 12.4 Å². The molecule has 1 N–H and O–H groups in total. The molecule has 0 saturated heterocycles. The lowest BCUT2D eigenvalue weighted by molar-refractivity contribution is -0.119. The number of hydrogen-bond donors (Lipinski definition) is 1. The summed E-state index contributed by atoms with van der Waals surface area (Å²) < 4.78 is 5.43. The van der Waals surface area contributed by atoms with Gasteiger partial charge in [-0.15, -0.1) is 11.8 Å². The van der Waals surface area contributed by atoms with Gasteiger partial charge in [-0.25, -0.2) is 0 Å². The fourth-order valence-corrected chi connectivity index (χ4v) is 3.02. The van der Waals surface area contributed by atoms with Crippen LogP contribution in [0.15, 0.2) is 54.6 Å². The second-order valence-electron chi connectivity index (χ2n) is 5.27. The number of rotatable bonds is 8. The van der Waals surface area contributed by atoms with E-state index in [0.717, 1.165) is 17.1 Å². The van der Waals surface area contributed by atoms with E-state index < -0.39 is 0 Å². The van der Waals surface area contributed by atoms with Crippen LogP contribution in [0.5, 0.6) is 5.75 Å². The SMILES string of the molecule is CCOc1ccc([C@H](C)NC(=O)CSCc2ccccc2)cc1. The summed E-state index contributed by atoms with van der Waals surface area (Å²) in [5, 5.41) is 3.03. The van der Waals surface area contributed by atoms with E-state index >= 15 is 0 Å². The molecule has 1 atom stereocenters. The first-order valence-corrected chi connectivity index (χ1v) is 8.98. The number of hydrogen-bond acceptors (Lipinski definition) is 3. The first-order chi connectivity index (χ1) is 11.2. The van der Waals surface area contributed by atoms with Crippen LogP contribution in [0.2, 0.25) is 0 Å². The summed E-state index contributed by atoms with van der Waals surface area (Å²) in [5.41, 5.74) is 2.32. The number of amides is 1. The van der Waals surface area contributed by atoms with Gasteiger partial charge in [-0.05, 0) is 37.1 Å². The minimum atomic E-state index is -0.00416. The Morgan fingerprint density at radius 2 is 1.83 bits per heavy atom. The molecular formula is C19H23NO2S. The molecule has 3 nitrogen and oxygen atoms in total. The first-order valence-electron chi connectivity index (χ1n) is 7.83. The van der Waals surface area contributed by atoms with Gasteiger partial charge in [-0.1, -0.05) is 42.5 Å². The van der Waals surface area contributed by atoms with Crippen molar-refractivity contribution < 1.29 is 9.53 Å². The van der Waals surface area contributed by atoms with Gasteiger partial charge in [0.25, 0.3) is 0 Å². The summed E-state index contributed by atoms with van der Waals surface area (Å²) >= 11 is 1.63. The molecule has 0 spiro atoms. The molecule has 122 valence electrons. The van der Waals surface area contributed by atoms with Crippen LogP contribution >= 0.6 is 11.8 Å². The van der Waals surface area contributed by atoms with Crippen molar-refractivity contribution >= 4 is 17.7 Å². The zero-order valence-corrected chi connectivity index (χ0v) is 14.4. The van der Waals surface area contributed by atoms with Gasteiger partial charge in [0, 0.05) is 5.75 Å². The maximum absolute atomic E-state index is 12.0. The predicted molar refractivity (Wildman–Crippen MR) is 96.8 cm³/mol. The maximum atomic E-state index is 12.0. The predicted octanol–water partition coefficient (Wildman–Crippen LogP) is 4.20. The van der Waals surface area contributed by atoms with Crippen LogP contribution in [0, 0.1) is 0 Å². The van der Waals surface area contributed by atoms with Gasteiger partial charge in [0.1, 0.15) is 5.75 Å². The van der Waals surface area contributed by atoms with Crippen LogP contribution in [0.25, 0.3) is 0 Å². The van der Waals surface area contributed by atoms with E-state index in [1.165, 1.54) is 5.56 Å². The Kier molecular flexibility index (Phi) is 7.01. The largest absolute Gasteiger partial charge is 0.494 e. The van der Waals surface area contributed by atoms with Crippen molar-refractivity contribution in [2.45, 2.75) is 25.6 Å². The van der Waals surface area contributed by atoms with E-state index in [1.54, 1.807) is 11.8 Å². The van der Waals surface area contributed by atoms with Crippen LogP contribution in [-0.4, -0.2) is 18.3 Å². The number of nitrogens with one attached hydrogen (secondary N) is 1. The molecule has 0 heterocycles. The van der Waals surface area contributed by atoms with Gasteiger partial charge < -0.3 is 10.1 Å². The molecule has 1 amide bonds. The van der Waals surface area contributed by atoms with Gasteiger partial charge in [0.15, 0.2) is 0 Å². The Labute approximate surface area is 142 Å². The highest BCUT2D eigenvalue weighted by atomic mass is 32.2. The molecule has 0 aliphatic rings. The molecule has 0 aromatic heterocycles. The van der Waals surface area contributed by atoms with Gasteiger partial charge in [-0.3, -0.25) is 4.79 Å². The highest BCUT2D eigenvalue weighted by molar-refractivity contribution is 7.99. The molecule has 0 unspecified atom stereocenters. The minimum absolute atomic E-state index is 0.00416. The molecule has 0 aliphatic heterocycles. The lowest BCUT2D eigenvalue weighted by Gasteiger charge is -2.15. The Bertz CT molecular complexity index is 599. The summed E-state index contributed by atoms with van der Waals surface area (Å²) in [4.78, 5) is 12.0. The molecule has 4 heteroatoms. The van der Waals surface area contributed by atoms with E-state index in [-0.39, 0.29) is 11.9 Å². The molecule has 0 aliphatic carbocycles. The van der Waals surface area contributed by atoms with E-state index in [4.69, 9.17) is 4.74 Å². The van der Waals surface area contributed by atoms with Crippen molar-refractivity contribution in [2.24, 2.45) is 0 Å². The zero-order valence-electron chi connectivity index (χ0n) is 13.6. The van der Waals surface area contributed by atoms with Crippen molar-refractivity contribution in [3.05, 3.63) is 65.7 Å². The molecule has 0 bridgehead atoms. The van der Waals surface area contributed by atoms with Crippen LogP contribution in [0.3, 0.4) is 0 Å². The minimum Gasteiger partial charge on any atom is -0.494 e. The average Bonchev–Trinajstić information content (AvgIpc) is 2.57. The summed E-state index contributed by atoms with van der Waals surface area (Å²) in [6.45, 7) is 4.61. The monoisotopic (exact) mass is 329 g/mol. The van der Waals surface area contributed by atoms with Crippen molar-refractivity contribution in [3.63, 3.8) is 0 Å². The van der Waals surface area contributed by atoms with Crippen LogP contribution in [0.1, 0.15) is 31.0 Å². The van der Waals surface area contributed by atoms with Crippen LogP contribution in [0.4, 0.5) is 0 Å². The Balaban J connectivity index is 1.75. The second-order valence-corrected chi connectivity index (χ2v) is 6.26. The third-order valence-corrected chi connectivity index (χ3v) is 4.42. The highest BCUT2D eigenvalue weighted by Gasteiger charge is 2.09. The molecule has 23 heavy (non-hydrogen) atoms. The quantitative estimate of drug-likeness (QED) is 0.789. The smallest absolute Gasteiger partial charge is 0.230 e. The number of carbonyl (C=O) groups excluding carboxylic acids is 1. The third kappa shape index (κ3) is 5.99. The van der Waals surface area contributed by atoms with Crippen molar-refractivity contribution in [1.29, 1.82) is 0 Å². The van der Waals surface area contributed by atoms with Crippen LogP contribution in [-0.2, 0) is 10.5 Å². The first kappa shape index (κ1) is 17.4. The standard InChI is InChI=1S/C19H23NO2S/c1-3-22-18-11-9-17(10-12-18)15(2)20-19(21)14-23-13-16-7-5-4-6-8-16/h4-12,15H,3,13-14H2,1-2H3,(H,20,21)/t15-/m0/s1. The fourth-order valence-electron chi connectivity index (χ4n) is 2.22. The molecule has 2 aromatic carbocycles. The van der Waals surface area contributed by atoms with Gasteiger partial charge in [0.2, 0.25) is 5.91 Å². The lowest BCUT2D eigenvalue weighted by Crippen LogP contribution is -2.28. The summed E-state index contributed by atoms with van der Waals surface area (Å²) in [7, 11) is 0. The second kappa shape index (κ2) is 9.26. The topological polar surface area (TPSA) is 38.3 Å². The molecule has 0 radical (unpaired) electrons. The molecule has 2 aromatic rings. The molecule has 2 rings (SSSR count). The number of carbonyl (C=O) groups is 1. The normalized spacial score (nSPS) is 11.7. The number of benzene rings is 2. The van der Waals surface area contributed by atoms with Gasteiger partial charge >= 0.3 is 0 Å². The summed E-state index contributed by atoms with van der Waals surface area (Å²) in [6.07, 6.45) is 0. The lowest BCUT2D eigenvalue weighted by atomic mass is 10.1. The van der Waals surface area contributed by atoms with E-state index in [2.05, 4.69) is 17.4 Å². The van der Waals surface area contributed by atoms with Crippen LogP contribution < -0.4 is 10.1 Å². The molecule has 0 fully saturated rings. The highest BCUT2D eigenvalue weighted by Crippen LogP contribution is 2.18. The van der Waals surface area contributed by atoms with E-state index in [0.29, 0.717) is 12.4 Å². The Morgan fingerprint density at radius 1 is 1.13 bits per heavy atom. The van der Waals surface area contributed by atoms with Crippen molar-refractivity contribution in [1.82, 2.24) is 5.32 Å². The number of ether oxygens (including phenoxy) is 1. The average molecular weight is 329 g/mol. The Morgan fingerprint density at radius 3 is 2.48 bits per heavy atom. The maximum Gasteiger partial charge on any atom is 0.230 e. The number of thioether (sulfide) groups is 1. The van der Waals surface area contributed by atoms with Gasteiger partial charge in [-0.2, -0.15) is 0 Å². The fraction of sp³-hybridized carbons (Fsp3) is 0.316. The summed E-state index contributed by atoms with van der Waals surface area (Å²) in [5.74, 6) is 2.24. The van der Waals surface area contributed by atoms with E-state index in [1.807, 2.05) is 56.3 Å². The van der Waals surface area contributed by atoms with Gasteiger partial charge in [0.05, 0.1) is 18.4 Å². The third-order valence-electron chi connectivity index (χ3n) is 3.41. The molecular weight excluding hydrogens is 306 g/mol. The van der Waals surface area contributed by atoms with E-state index in [9.17, 15) is 4.79 Å².